The first-order chi connectivity index (χ1) is 6.32. The van der Waals surface area contributed by atoms with Gasteiger partial charge in [0.1, 0.15) is 0 Å². The molecule has 0 N–H and O–H groups in total. The lowest BCUT2D eigenvalue weighted by molar-refractivity contribution is -0.140. The monoisotopic (exact) mass is 289 g/mol. The number of hydrogen-bond acceptors (Lipinski definition) is 3. The predicted molar refractivity (Wildman–Crippen MR) is 45.5 cm³/mol. The average Bonchev–Trinajstić information content (AvgIpc) is 2.01. The van der Waals surface area contributed by atoms with Crippen molar-refractivity contribution in [2.45, 2.75) is 11.2 Å². The summed E-state index contributed by atoms with van der Waals surface area (Å²) in [6, 6.07) is 0.674. The van der Waals surface area contributed by atoms with Gasteiger partial charge < -0.3 is 0 Å². The number of thiol groups is 1. The van der Waals surface area contributed by atoms with Crippen molar-refractivity contribution in [3.8, 4) is 0 Å². The predicted octanol–water partition coefficient (Wildman–Crippen LogP) is 1.83. The number of hydrogen-bond donors (Lipinski definition) is 1. The third-order valence-electron chi connectivity index (χ3n) is 1.31. The molecule has 1 aromatic rings. The van der Waals surface area contributed by atoms with Crippen LogP contribution in [0.5, 0.6) is 0 Å². The lowest BCUT2D eigenvalue weighted by Gasteiger charge is -2.07. The van der Waals surface area contributed by atoms with Gasteiger partial charge in [-0.05, 0) is 22.0 Å². The Bertz CT molecular complexity index is 422. The molecule has 8 heteroatoms. The van der Waals surface area contributed by atoms with E-state index in [-0.39, 0.29) is 4.47 Å². The number of rotatable bonds is 1. The zero-order valence-corrected chi connectivity index (χ0v) is 8.86. The van der Waals surface area contributed by atoms with Crippen LogP contribution in [-0.2, 0) is 16.9 Å². The maximum atomic E-state index is 12.3. The van der Waals surface area contributed by atoms with Crippen molar-refractivity contribution in [3.63, 3.8) is 0 Å². The van der Waals surface area contributed by atoms with E-state index in [0.29, 0.717) is 6.07 Å². The molecular weight excluding hydrogens is 287 g/mol. The smallest absolute Gasteiger partial charge is 0.243 e. The van der Waals surface area contributed by atoms with Crippen LogP contribution >= 0.6 is 15.9 Å². The molecular formula is C6H3BrF3NO2S. The molecule has 0 fully saturated rings. The number of halogens is 4. The van der Waals surface area contributed by atoms with Gasteiger partial charge >= 0.3 is 6.18 Å². The summed E-state index contributed by atoms with van der Waals surface area (Å²) in [4.78, 5) is 3.18. The van der Waals surface area contributed by atoms with E-state index < -0.39 is 27.5 Å². The Labute approximate surface area is 87.0 Å². The highest BCUT2D eigenvalue weighted by molar-refractivity contribution is 9.10. The van der Waals surface area contributed by atoms with Crippen molar-refractivity contribution in [1.82, 2.24) is 4.98 Å². The van der Waals surface area contributed by atoms with Crippen molar-refractivity contribution in [2.75, 3.05) is 0 Å². The third kappa shape index (κ3) is 2.44. The van der Waals surface area contributed by atoms with E-state index in [9.17, 15) is 21.6 Å². The Morgan fingerprint density at radius 1 is 1.36 bits per heavy atom. The van der Waals surface area contributed by atoms with Crippen LogP contribution in [0.4, 0.5) is 13.2 Å². The van der Waals surface area contributed by atoms with Crippen molar-refractivity contribution in [2.24, 2.45) is 0 Å². The zero-order chi connectivity index (χ0) is 10.9. The van der Waals surface area contributed by atoms with Gasteiger partial charge in [0.15, 0.2) is 15.7 Å². The second kappa shape index (κ2) is 3.85. The summed E-state index contributed by atoms with van der Waals surface area (Å²) < 4.78 is 57.7. The molecule has 1 heterocycles. The van der Waals surface area contributed by atoms with Gasteiger partial charge in [0, 0.05) is 10.7 Å². The Morgan fingerprint density at radius 2 is 1.93 bits per heavy atom. The first kappa shape index (κ1) is 11.4. The summed E-state index contributed by atoms with van der Waals surface area (Å²) in [7, 11) is -3.34. The number of nitrogens with zero attached hydrogens (tertiary/aromatic N) is 1. The molecule has 0 atom stereocenters. The van der Waals surface area contributed by atoms with Crippen LogP contribution in [0, 0.1) is 0 Å². The SMILES string of the molecule is O=[SH](=O)c1ncc(Br)cc1C(F)(F)F. The van der Waals surface area contributed by atoms with Crippen molar-refractivity contribution < 1.29 is 21.6 Å². The van der Waals surface area contributed by atoms with Crippen LogP contribution in [0.2, 0.25) is 0 Å². The van der Waals surface area contributed by atoms with Crippen LogP contribution in [0.3, 0.4) is 0 Å². The van der Waals surface area contributed by atoms with E-state index in [1.165, 1.54) is 0 Å². The topological polar surface area (TPSA) is 47.0 Å². The Morgan fingerprint density at radius 3 is 2.36 bits per heavy atom. The highest BCUT2D eigenvalue weighted by Crippen LogP contribution is 2.33. The van der Waals surface area contributed by atoms with Gasteiger partial charge in [-0.25, -0.2) is 13.4 Å². The molecule has 0 bridgehead atoms. The average molecular weight is 290 g/mol. The number of aromatic nitrogens is 1. The molecule has 0 aliphatic carbocycles. The molecule has 0 aliphatic rings. The summed E-state index contributed by atoms with van der Waals surface area (Å²) in [5, 5.41) is -0.962. The Kier molecular flexibility index (Phi) is 3.15. The second-order valence-electron chi connectivity index (χ2n) is 2.28. The fourth-order valence-electron chi connectivity index (χ4n) is 0.786. The standard InChI is InChI=1S/C6H3BrF3NO2S/c7-3-1-4(6(8,9)10)5(11-2-3)14(12)13/h1-2,14H. The quantitative estimate of drug-likeness (QED) is 0.803. The zero-order valence-electron chi connectivity index (χ0n) is 6.38. The fraction of sp³-hybridized carbons (Fsp3) is 0.167. The molecule has 14 heavy (non-hydrogen) atoms. The summed E-state index contributed by atoms with van der Waals surface area (Å²) >= 11 is 2.78. The highest BCUT2D eigenvalue weighted by Gasteiger charge is 2.35. The van der Waals surface area contributed by atoms with Crippen molar-refractivity contribution in [3.05, 3.63) is 22.3 Å². The molecule has 0 amide bonds. The maximum Gasteiger partial charge on any atom is 0.419 e. The molecule has 0 saturated carbocycles. The van der Waals surface area contributed by atoms with Crippen molar-refractivity contribution >= 4 is 26.6 Å². The first-order valence-electron chi connectivity index (χ1n) is 3.19. The third-order valence-corrected chi connectivity index (χ3v) is 2.45. The lowest BCUT2D eigenvalue weighted by Crippen LogP contribution is -2.09. The molecule has 1 rings (SSSR count). The summed E-state index contributed by atoms with van der Waals surface area (Å²) in [5.74, 6) is 0. The second-order valence-corrected chi connectivity index (χ2v) is 4.13. The van der Waals surface area contributed by atoms with Gasteiger partial charge in [-0.1, -0.05) is 0 Å². The number of alkyl halides is 3. The van der Waals surface area contributed by atoms with E-state index in [1.54, 1.807) is 0 Å². The van der Waals surface area contributed by atoms with Gasteiger partial charge in [-0.3, -0.25) is 0 Å². The molecule has 0 aliphatic heterocycles. The Hall–Kier alpha value is -0.630. The van der Waals surface area contributed by atoms with Crippen molar-refractivity contribution in [1.29, 1.82) is 0 Å². The van der Waals surface area contributed by atoms with E-state index in [1.807, 2.05) is 0 Å². The molecule has 0 saturated heterocycles. The molecule has 1 aromatic heterocycles. The molecule has 3 nitrogen and oxygen atoms in total. The van der Waals surface area contributed by atoms with Gasteiger partial charge in [0.2, 0.25) is 0 Å². The highest BCUT2D eigenvalue weighted by atomic mass is 79.9. The van der Waals surface area contributed by atoms with Gasteiger partial charge in [-0.2, -0.15) is 13.2 Å². The lowest BCUT2D eigenvalue weighted by atomic mass is 10.3. The Balaban J connectivity index is 3.45. The summed E-state index contributed by atoms with van der Waals surface area (Å²) in [5.41, 5.74) is -1.26. The molecule has 0 radical (unpaired) electrons. The number of pyridine rings is 1. The van der Waals surface area contributed by atoms with E-state index in [0.717, 1.165) is 6.20 Å². The van der Waals surface area contributed by atoms with Gasteiger partial charge in [0.25, 0.3) is 0 Å². The first-order valence-corrected chi connectivity index (χ1v) is 5.16. The minimum Gasteiger partial charge on any atom is -0.243 e. The minimum atomic E-state index is -4.72. The fourth-order valence-corrected chi connectivity index (χ4v) is 1.66. The summed E-state index contributed by atoms with van der Waals surface area (Å²) in [6.07, 6.45) is -3.72. The summed E-state index contributed by atoms with van der Waals surface area (Å²) in [6.45, 7) is 0. The van der Waals surface area contributed by atoms with Crippen LogP contribution in [0.1, 0.15) is 5.56 Å². The minimum absolute atomic E-state index is 0.0745. The van der Waals surface area contributed by atoms with E-state index in [4.69, 9.17) is 0 Å². The van der Waals surface area contributed by atoms with Crippen LogP contribution in [-0.4, -0.2) is 13.4 Å². The normalized spacial score (nSPS) is 12.1. The van der Waals surface area contributed by atoms with Gasteiger partial charge in [0.05, 0.1) is 5.56 Å². The van der Waals surface area contributed by atoms with Crippen LogP contribution in [0.25, 0.3) is 0 Å². The van der Waals surface area contributed by atoms with Gasteiger partial charge in [-0.15, -0.1) is 0 Å². The van der Waals surface area contributed by atoms with E-state index in [2.05, 4.69) is 20.9 Å². The van der Waals surface area contributed by atoms with Crippen LogP contribution < -0.4 is 0 Å². The maximum absolute atomic E-state index is 12.3. The van der Waals surface area contributed by atoms with Crippen LogP contribution in [0.15, 0.2) is 21.8 Å². The molecule has 0 spiro atoms. The largest absolute Gasteiger partial charge is 0.419 e. The molecule has 0 unspecified atom stereocenters. The molecule has 78 valence electrons. The molecule has 0 aromatic carbocycles. The van der Waals surface area contributed by atoms with E-state index >= 15 is 0 Å².